The molecule has 0 aromatic carbocycles. The maximum absolute atomic E-state index is 12.5. The van der Waals surface area contributed by atoms with Crippen LogP contribution in [0.1, 0.15) is 48.7 Å². The van der Waals surface area contributed by atoms with Gasteiger partial charge in [-0.25, -0.2) is 4.98 Å². The van der Waals surface area contributed by atoms with Gasteiger partial charge in [0, 0.05) is 43.6 Å². The summed E-state index contributed by atoms with van der Waals surface area (Å²) in [6.45, 7) is 7.27. The topological polar surface area (TPSA) is 56.0 Å². The Morgan fingerprint density at radius 1 is 1.16 bits per heavy atom. The van der Waals surface area contributed by atoms with E-state index >= 15 is 0 Å². The van der Waals surface area contributed by atoms with Crippen molar-refractivity contribution in [2.24, 2.45) is 5.92 Å². The van der Waals surface area contributed by atoms with Crippen LogP contribution < -0.4 is 0 Å². The average Bonchev–Trinajstić information content (AvgIpc) is 3.27. The Kier molecular flexibility index (Phi) is 4.36. The second kappa shape index (κ2) is 6.65. The summed E-state index contributed by atoms with van der Waals surface area (Å²) >= 11 is 0. The Bertz CT molecular complexity index is 750. The number of imidazole rings is 1. The monoisotopic (exact) mass is 341 g/mol. The van der Waals surface area contributed by atoms with Crippen LogP contribution in [0.15, 0.2) is 18.6 Å². The molecular formula is C19H27N5O. The molecule has 1 saturated carbocycles. The predicted molar refractivity (Wildman–Crippen MR) is 95.2 cm³/mol. The number of carbonyl (C=O) groups is 1. The predicted octanol–water partition coefficient (Wildman–Crippen LogP) is 2.51. The highest BCUT2D eigenvalue weighted by atomic mass is 16.2. The third kappa shape index (κ3) is 3.62. The molecule has 0 N–H and O–H groups in total. The van der Waals surface area contributed by atoms with Crippen LogP contribution in [0.25, 0.3) is 0 Å². The molecule has 0 atom stereocenters. The molecule has 2 aliphatic rings. The lowest BCUT2D eigenvalue weighted by Crippen LogP contribution is -2.41. The van der Waals surface area contributed by atoms with Crippen molar-refractivity contribution >= 4 is 5.91 Å². The van der Waals surface area contributed by atoms with Gasteiger partial charge >= 0.3 is 0 Å². The van der Waals surface area contributed by atoms with Gasteiger partial charge in [0.1, 0.15) is 12.4 Å². The Hall–Kier alpha value is -2.11. The summed E-state index contributed by atoms with van der Waals surface area (Å²) in [7, 11) is 0. The summed E-state index contributed by atoms with van der Waals surface area (Å²) in [4.78, 5) is 19.1. The van der Waals surface area contributed by atoms with Crippen molar-refractivity contribution in [2.75, 3.05) is 13.1 Å². The van der Waals surface area contributed by atoms with Crippen LogP contribution in [0.5, 0.6) is 0 Å². The van der Waals surface area contributed by atoms with Gasteiger partial charge in [-0.1, -0.05) is 0 Å². The van der Waals surface area contributed by atoms with Crippen molar-refractivity contribution in [2.45, 2.75) is 58.5 Å². The molecule has 1 aliphatic heterocycles. The Balaban J connectivity index is 1.31. The molecular weight excluding hydrogens is 314 g/mol. The second-order valence-corrected chi connectivity index (χ2v) is 7.68. The maximum atomic E-state index is 12.5. The minimum atomic E-state index is 0.180. The molecule has 6 heteroatoms. The van der Waals surface area contributed by atoms with Crippen molar-refractivity contribution in [3.63, 3.8) is 0 Å². The van der Waals surface area contributed by atoms with Crippen LogP contribution in [0.2, 0.25) is 0 Å². The number of aryl methyl sites for hydroxylation is 2. The Morgan fingerprint density at radius 3 is 2.56 bits per heavy atom. The number of hydrogen-bond acceptors (Lipinski definition) is 3. The lowest BCUT2D eigenvalue weighted by Gasteiger charge is -2.32. The van der Waals surface area contributed by atoms with E-state index in [0.717, 1.165) is 38.0 Å². The molecule has 2 aromatic rings. The van der Waals surface area contributed by atoms with Gasteiger partial charge in [0.25, 0.3) is 0 Å². The minimum absolute atomic E-state index is 0.180. The Labute approximate surface area is 148 Å². The summed E-state index contributed by atoms with van der Waals surface area (Å²) in [6.07, 6.45) is 10.5. The first-order chi connectivity index (χ1) is 12.1. The number of carbonyl (C=O) groups excluding carboxylic acids is 1. The van der Waals surface area contributed by atoms with Gasteiger partial charge in [-0.05, 0) is 51.0 Å². The van der Waals surface area contributed by atoms with E-state index in [1.165, 1.54) is 24.4 Å². The normalized spacial score (nSPS) is 18.7. The molecule has 134 valence electrons. The van der Waals surface area contributed by atoms with E-state index in [4.69, 9.17) is 0 Å². The van der Waals surface area contributed by atoms with Crippen LogP contribution in [0.4, 0.5) is 0 Å². The molecule has 2 aromatic heterocycles. The summed E-state index contributed by atoms with van der Waals surface area (Å²) in [5.41, 5.74) is 2.36. The summed E-state index contributed by atoms with van der Waals surface area (Å²) in [6, 6.07) is 0. The highest BCUT2D eigenvalue weighted by molar-refractivity contribution is 5.76. The van der Waals surface area contributed by atoms with Gasteiger partial charge in [-0.15, -0.1) is 0 Å². The number of rotatable bonds is 5. The van der Waals surface area contributed by atoms with E-state index in [0.29, 0.717) is 18.4 Å². The van der Waals surface area contributed by atoms with E-state index in [1.807, 2.05) is 24.2 Å². The van der Waals surface area contributed by atoms with Gasteiger partial charge in [-0.3, -0.25) is 9.48 Å². The zero-order valence-corrected chi connectivity index (χ0v) is 15.2. The third-order valence-electron chi connectivity index (χ3n) is 5.50. The molecule has 0 spiro atoms. The first-order valence-electron chi connectivity index (χ1n) is 9.39. The number of aromatic nitrogens is 4. The quantitative estimate of drug-likeness (QED) is 0.840. The smallest absolute Gasteiger partial charge is 0.244 e. The number of piperidine rings is 1. The molecule has 6 nitrogen and oxygen atoms in total. The van der Waals surface area contributed by atoms with Crippen LogP contribution >= 0.6 is 0 Å². The van der Waals surface area contributed by atoms with E-state index in [-0.39, 0.29) is 5.91 Å². The molecule has 0 radical (unpaired) electrons. The fourth-order valence-electron chi connectivity index (χ4n) is 3.80. The van der Waals surface area contributed by atoms with Gasteiger partial charge < -0.3 is 9.47 Å². The summed E-state index contributed by atoms with van der Waals surface area (Å²) in [5, 5.41) is 4.22. The SMILES string of the molecule is Cc1cnn(CC(=O)N2CCC(Cn3c(C)cnc3C3CC3)CC2)c1. The molecule has 3 heterocycles. The number of hydrogen-bond donors (Lipinski definition) is 0. The third-order valence-corrected chi connectivity index (χ3v) is 5.50. The standard InChI is InChI=1S/C19H27N5O/c1-14-9-21-23(11-14)13-18(25)22-7-5-16(6-8-22)12-24-15(2)10-20-19(24)17-3-4-17/h9-11,16-17H,3-8,12-13H2,1-2H3. The lowest BCUT2D eigenvalue weighted by molar-refractivity contribution is -0.133. The van der Waals surface area contributed by atoms with E-state index in [2.05, 4.69) is 21.6 Å². The van der Waals surface area contributed by atoms with Crippen molar-refractivity contribution < 1.29 is 4.79 Å². The van der Waals surface area contributed by atoms with Gasteiger partial charge in [0.05, 0.1) is 6.20 Å². The molecule has 0 unspecified atom stereocenters. The molecule has 25 heavy (non-hydrogen) atoms. The van der Waals surface area contributed by atoms with Gasteiger partial charge in [0.15, 0.2) is 0 Å². The van der Waals surface area contributed by atoms with Crippen LogP contribution in [-0.2, 0) is 17.9 Å². The van der Waals surface area contributed by atoms with Gasteiger partial charge in [-0.2, -0.15) is 5.10 Å². The number of nitrogens with zero attached hydrogens (tertiary/aromatic N) is 5. The van der Waals surface area contributed by atoms with Crippen LogP contribution in [0.3, 0.4) is 0 Å². The van der Waals surface area contributed by atoms with Crippen LogP contribution in [0, 0.1) is 19.8 Å². The van der Waals surface area contributed by atoms with E-state index in [1.54, 1.807) is 10.9 Å². The highest BCUT2D eigenvalue weighted by Gasteiger charge is 2.30. The number of likely N-dealkylation sites (tertiary alicyclic amines) is 1. The molecule has 2 fully saturated rings. The minimum Gasteiger partial charge on any atom is -0.341 e. The van der Waals surface area contributed by atoms with Crippen molar-refractivity contribution in [1.29, 1.82) is 0 Å². The summed E-state index contributed by atoms with van der Waals surface area (Å²) < 4.78 is 4.16. The molecule has 1 amide bonds. The second-order valence-electron chi connectivity index (χ2n) is 7.68. The summed E-state index contributed by atoms with van der Waals surface area (Å²) in [5.74, 6) is 2.79. The zero-order chi connectivity index (χ0) is 17.4. The molecule has 1 aliphatic carbocycles. The fraction of sp³-hybridized carbons (Fsp3) is 0.632. The van der Waals surface area contributed by atoms with Crippen LogP contribution in [-0.4, -0.2) is 43.2 Å². The molecule has 1 saturated heterocycles. The van der Waals surface area contributed by atoms with Crippen molar-refractivity contribution in [1.82, 2.24) is 24.2 Å². The average molecular weight is 341 g/mol. The fourth-order valence-corrected chi connectivity index (χ4v) is 3.80. The van der Waals surface area contributed by atoms with Crippen molar-refractivity contribution in [3.05, 3.63) is 35.7 Å². The highest BCUT2D eigenvalue weighted by Crippen LogP contribution is 2.40. The van der Waals surface area contributed by atoms with E-state index in [9.17, 15) is 4.79 Å². The van der Waals surface area contributed by atoms with Crippen molar-refractivity contribution in [3.8, 4) is 0 Å². The molecule has 4 rings (SSSR count). The van der Waals surface area contributed by atoms with Gasteiger partial charge in [0.2, 0.25) is 5.91 Å². The number of amides is 1. The zero-order valence-electron chi connectivity index (χ0n) is 15.2. The largest absolute Gasteiger partial charge is 0.341 e. The first-order valence-corrected chi connectivity index (χ1v) is 9.39. The Morgan fingerprint density at radius 2 is 1.92 bits per heavy atom. The maximum Gasteiger partial charge on any atom is 0.244 e. The lowest BCUT2D eigenvalue weighted by atomic mass is 9.96. The first kappa shape index (κ1) is 16.4. The van der Waals surface area contributed by atoms with E-state index < -0.39 is 0 Å². The molecule has 0 bridgehead atoms.